The van der Waals surface area contributed by atoms with Crippen LogP contribution in [0.25, 0.3) is 5.82 Å². The first-order chi connectivity index (χ1) is 13.9. The molecule has 3 aromatic rings. The predicted molar refractivity (Wildman–Crippen MR) is 112 cm³/mol. The molecule has 0 radical (unpaired) electrons. The Labute approximate surface area is 174 Å². The monoisotopic (exact) mass is 414 g/mol. The number of anilines is 1. The van der Waals surface area contributed by atoms with Crippen molar-refractivity contribution < 1.29 is 9.53 Å². The van der Waals surface area contributed by atoms with Crippen molar-refractivity contribution in [1.29, 1.82) is 0 Å². The van der Waals surface area contributed by atoms with Gasteiger partial charge in [-0.25, -0.2) is 14.6 Å². The molecular formula is C20H23ClN6O2. The van der Waals surface area contributed by atoms with Gasteiger partial charge in [-0.05, 0) is 51.1 Å². The van der Waals surface area contributed by atoms with Crippen LogP contribution >= 0.6 is 11.6 Å². The van der Waals surface area contributed by atoms with Crippen LogP contribution in [0.1, 0.15) is 17.2 Å². The number of halogens is 1. The molecule has 0 spiro atoms. The third kappa shape index (κ3) is 5.92. The van der Waals surface area contributed by atoms with Gasteiger partial charge in [-0.3, -0.25) is 4.79 Å². The Balaban J connectivity index is 1.47. The van der Waals surface area contributed by atoms with Gasteiger partial charge in [0.25, 0.3) is 5.91 Å². The summed E-state index contributed by atoms with van der Waals surface area (Å²) in [6.07, 6.45) is 0. The molecule has 0 atom stereocenters. The molecule has 2 aromatic heterocycles. The lowest BCUT2D eigenvalue weighted by molar-refractivity contribution is -0.123. The summed E-state index contributed by atoms with van der Waals surface area (Å²) >= 11 is 5.82. The van der Waals surface area contributed by atoms with Crippen LogP contribution in [0.3, 0.4) is 0 Å². The minimum absolute atomic E-state index is 0.0592. The number of carbonyl (C=O) groups excluding carboxylic acids is 1. The second-order valence-electron chi connectivity index (χ2n) is 6.52. The van der Waals surface area contributed by atoms with Gasteiger partial charge in [0, 0.05) is 29.9 Å². The van der Waals surface area contributed by atoms with Gasteiger partial charge in [-0.1, -0.05) is 11.6 Å². The lowest BCUT2D eigenvalue weighted by Gasteiger charge is -2.11. The summed E-state index contributed by atoms with van der Waals surface area (Å²) in [6, 6.07) is 10.7. The molecular weight excluding hydrogens is 392 g/mol. The predicted octanol–water partition coefficient (Wildman–Crippen LogP) is 2.85. The maximum Gasteiger partial charge on any atom is 0.258 e. The zero-order valence-corrected chi connectivity index (χ0v) is 17.3. The Bertz CT molecular complexity index is 987. The summed E-state index contributed by atoms with van der Waals surface area (Å²) in [5.41, 5.74) is 1.93. The molecule has 9 heteroatoms. The number of nitrogens with zero attached hydrogens (tertiary/aromatic N) is 4. The molecule has 0 bridgehead atoms. The zero-order valence-electron chi connectivity index (χ0n) is 16.6. The highest BCUT2D eigenvalue weighted by molar-refractivity contribution is 6.30. The van der Waals surface area contributed by atoms with Crippen molar-refractivity contribution in [3.05, 3.63) is 58.6 Å². The molecule has 2 heterocycles. The molecule has 1 amide bonds. The summed E-state index contributed by atoms with van der Waals surface area (Å²) in [5.74, 6) is 2.40. The zero-order chi connectivity index (χ0) is 20.8. The first-order valence-corrected chi connectivity index (χ1v) is 9.57. The first kappa shape index (κ1) is 20.6. The van der Waals surface area contributed by atoms with Crippen molar-refractivity contribution in [3.8, 4) is 11.6 Å². The minimum Gasteiger partial charge on any atom is -0.484 e. The van der Waals surface area contributed by atoms with E-state index in [9.17, 15) is 4.79 Å². The molecule has 152 valence electrons. The number of aromatic nitrogens is 4. The normalized spacial score (nSPS) is 10.6. The van der Waals surface area contributed by atoms with Crippen LogP contribution in [-0.4, -0.2) is 45.4 Å². The van der Waals surface area contributed by atoms with E-state index in [1.165, 1.54) is 0 Å². The topological polar surface area (TPSA) is 94.0 Å². The lowest BCUT2D eigenvalue weighted by Crippen LogP contribution is -2.32. The molecule has 0 saturated carbocycles. The molecule has 0 aliphatic carbocycles. The second kappa shape index (κ2) is 9.38. The van der Waals surface area contributed by atoms with E-state index in [2.05, 4.69) is 25.7 Å². The second-order valence-corrected chi connectivity index (χ2v) is 6.95. The molecule has 0 saturated heterocycles. The maximum atomic E-state index is 11.9. The number of aryl methyl sites for hydroxylation is 3. The van der Waals surface area contributed by atoms with Crippen molar-refractivity contribution in [2.24, 2.45) is 0 Å². The lowest BCUT2D eigenvalue weighted by atomic mass is 10.3. The van der Waals surface area contributed by atoms with E-state index in [4.69, 9.17) is 16.3 Å². The van der Waals surface area contributed by atoms with Gasteiger partial charge in [-0.15, -0.1) is 0 Å². The van der Waals surface area contributed by atoms with E-state index in [1.54, 1.807) is 28.9 Å². The summed E-state index contributed by atoms with van der Waals surface area (Å²) in [7, 11) is 0. The highest BCUT2D eigenvalue weighted by atomic mass is 35.5. The molecule has 0 aliphatic heterocycles. The third-order valence-corrected chi connectivity index (χ3v) is 4.24. The minimum atomic E-state index is -0.205. The summed E-state index contributed by atoms with van der Waals surface area (Å²) in [5, 5.41) is 11.1. The maximum absolute atomic E-state index is 11.9. The number of amides is 1. The van der Waals surface area contributed by atoms with Gasteiger partial charge in [0.2, 0.25) is 0 Å². The van der Waals surface area contributed by atoms with E-state index < -0.39 is 0 Å². The molecule has 8 nitrogen and oxygen atoms in total. The number of benzene rings is 1. The number of rotatable bonds is 8. The van der Waals surface area contributed by atoms with Gasteiger partial charge in [0.1, 0.15) is 17.4 Å². The molecule has 0 unspecified atom stereocenters. The molecule has 3 rings (SSSR count). The number of ether oxygens (including phenoxy) is 1. The van der Waals surface area contributed by atoms with Crippen LogP contribution < -0.4 is 15.4 Å². The summed E-state index contributed by atoms with van der Waals surface area (Å²) in [4.78, 5) is 20.7. The van der Waals surface area contributed by atoms with Crippen molar-refractivity contribution in [3.63, 3.8) is 0 Å². The number of carbonyl (C=O) groups is 1. The highest BCUT2D eigenvalue weighted by Crippen LogP contribution is 2.15. The van der Waals surface area contributed by atoms with Gasteiger partial charge in [-0.2, -0.15) is 5.10 Å². The van der Waals surface area contributed by atoms with E-state index in [0.29, 0.717) is 41.3 Å². The SMILES string of the molecule is Cc1cc(C)n(-c2cc(NCCNC(=O)COc3ccc(Cl)cc3)nc(C)n2)n1. The molecule has 2 N–H and O–H groups in total. The number of nitrogens with one attached hydrogen (secondary N) is 2. The summed E-state index contributed by atoms with van der Waals surface area (Å²) < 4.78 is 7.19. The van der Waals surface area contributed by atoms with Gasteiger partial charge >= 0.3 is 0 Å². The van der Waals surface area contributed by atoms with Gasteiger partial charge in [0.15, 0.2) is 12.4 Å². The highest BCUT2D eigenvalue weighted by Gasteiger charge is 2.08. The van der Waals surface area contributed by atoms with Crippen LogP contribution in [0.15, 0.2) is 36.4 Å². The van der Waals surface area contributed by atoms with E-state index in [-0.39, 0.29) is 12.5 Å². The smallest absolute Gasteiger partial charge is 0.258 e. The number of hydrogen-bond donors (Lipinski definition) is 2. The Morgan fingerprint density at radius 2 is 1.86 bits per heavy atom. The molecule has 29 heavy (non-hydrogen) atoms. The molecule has 0 fully saturated rings. The van der Waals surface area contributed by atoms with E-state index >= 15 is 0 Å². The van der Waals surface area contributed by atoms with E-state index in [0.717, 1.165) is 11.4 Å². The fraction of sp³-hybridized carbons (Fsp3) is 0.300. The Morgan fingerprint density at radius 1 is 1.10 bits per heavy atom. The average molecular weight is 415 g/mol. The third-order valence-electron chi connectivity index (χ3n) is 3.99. The van der Waals surface area contributed by atoms with E-state index in [1.807, 2.05) is 32.9 Å². The van der Waals surface area contributed by atoms with Crippen molar-refractivity contribution in [2.45, 2.75) is 20.8 Å². The van der Waals surface area contributed by atoms with Crippen LogP contribution in [-0.2, 0) is 4.79 Å². The largest absolute Gasteiger partial charge is 0.484 e. The van der Waals surface area contributed by atoms with Crippen LogP contribution in [0.4, 0.5) is 5.82 Å². The van der Waals surface area contributed by atoms with Crippen molar-refractivity contribution in [1.82, 2.24) is 25.1 Å². The fourth-order valence-corrected chi connectivity index (χ4v) is 2.86. The standard InChI is InChI=1S/C20H23ClN6O2/c1-13-10-14(2)27(26-13)19-11-18(24-15(3)25-19)22-8-9-23-20(28)12-29-17-6-4-16(21)5-7-17/h4-7,10-11H,8-9,12H2,1-3H3,(H,23,28)(H,22,24,25). The number of hydrogen-bond acceptors (Lipinski definition) is 6. The quantitative estimate of drug-likeness (QED) is 0.550. The Hall–Kier alpha value is -3.13. The van der Waals surface area contributed by atoms with Gasteiger partial charge in [0.05, 0.1) is 5.69 Å². The Morgan fingerprint density at radius 3 is 2.55 bits per heavy atom. The first-order valence-electron chi connectivity index (χ1n) is 9.19. The Kier molecular flexibility index (Phi) is 6.66. The molecule has 1 aromatic carbocycles. The van der Waals surface area contributed by atoms with Crippen molar-refractivity contribution in [2.75, 3.05) is 25.0 Å². The fourth-order valence-electron chi connectivity index (χ4n) is 2.74. The van der Waals surface area contributed by atoms with Crippen LogP contribution in [0.2, 0.25) is 5.02 Å². The van der Waals surface area contributed by atoms with Gasteiger partial charge < -0.3 is 15.4 Å². The molecule has 0 aliphatic rings. The van der Waals surface area contributed by atoms with Crippen LogP contribution in [0.5, 0.6) is 5.75 Å². The van der Waals surface area contributed by atoms with Crippen LogP contribution in [0, 0.1) is 20.8 Å². The average Bonchev–Trinajstić information content (AvgIpc) is 3.02. The summed E-state index contributed by atoms with van der Waals surface area (Å²) in [6.45, 7) is 6.63. The van der Waals surface area contributed by atoms with Crippen molar-refractivity contribution >= 4 is 23.3 Å².